The van der Waals surface area contributed by atoms with E-state index in [-0.39, 0.29) is 5.92 Å². The summed E-state index contributed by atoms with van der Waals surface area (Å²) in [6, 6.07) is 5.34. The molecule has 2 atom stereocenters. The van der Waals surface area contributed by atoms with E-state index in [0.29, 0.717) is 18.5 Å². The summed E-state index contributed by atoms with van der Waals surface area (Å²) in [6.07, 6.45) is 0.955. The molecule has 4 nitrogen and oxygen atoms in total. The number of hydrogen-bond acceptors (Lipinski definition) is 3. The van der Waals surface area contributed by atoms with Crippen LogP contribution in [0.5, 0.6) is 0 Å². The van der Waals surface area contributed by atoms with Crippen molar-refractivity contribution in [3.05, 3.63) is 30.1 Å². The Labute approximate surface area is 121 Å². The average molecular weight is 289 g/mol. The number of benzene rings is 1. The number of carbonyl (C=O) groups excluding carboxylic acids is 3. The number of ketones is 2. The number of Topliss-reactive ketones (excluding diaryl/α,β-unsaturated/α-hetero) is 2. The number of nitrogens with one attached hydrogen (secondary N) is 1. The summed E-state index contributed by atoms with van der Waals surface area (Å²) in [5.41, 5.74) is -1.55. The van der Waals surface area contributed by atoms with Crippen LogP contribution >= 0.6 is 0 Å². The largest absolute Gasteiger partial charge is 0.325 e. The van der Waals surface area contributed by atoms with Crippen LogP contribution in [0.4, 0.5) is 10.1 Å². The molecule has 3 rings (SSSR count). The molecule has 2 bridgehead atoms. The fourth-order valence-electron chi connectivity index (χ4n) is 3.86. The Balaban J connectivity index is 1.95. The Hall–Kier alpha value is -2.04. The number of carbonyl (C=O) groups is 3. The van der Waals surface area contributed by atoms with Gasteiger partial charge >= 0.3 is 0 Å². The van der Waals surface area contributed by atoms with Crippen molar-refractivity contribution in [2.75, 3.05) is 5.32 Å². The van der Waals surface area contributed by atoms with E-state index in [4.69, 9.17) is 0 Å². The first-order valence-electron chi connectivity index (χ1n) is 6.96. The molecular formula is C16H16FNO3. The van der Waals surface area contributed by atoms with E-state index in [9.17, 15) is 18.8 Å². The number of halogens is 1. The van der Waals surface area contributed by atoms with Crippen LogP contribution < -0.4 is 5.32 Å². The van der Waals surface area contributed by atoms with Crippen molar-refractivity contribution in [2.24, 2.45) is 16.7 Å². The topological polar surface area (TPSA) is 63.2 Å². The van der Waals surface area contributed by atoms with Crippen LogP contribution in [0.1, 0.15) is 26.7 Å². The lowest BCUT2D eigenvalue weighted by molar-refractivity contribution is -0.147. The van der Waals surface area contributed by atoms with Crippen LogP contribution in [0.25, 0.3) is 0 Å². The monoisotopic (exact) mass is 289 g/mol. The van der Waals surface area contributed by atoms with Gasteiger partial charge in [0.1, 0.15) is 11.2 Å². The molecule has 0 radical (unpaired) electrons. The Morgan fingerprint density at radius 3 is 2.38 bits per heavy atom. The van der Waals surface area contributed by atoms with Crippen LogP contribution in [0, 0.1) is 22.6 Å². The molecule has 2 fully saturated rings. The Morgan fingerprint density at radius 2 is 1.86 bits per heavy atom. The molecule has 0 spiro atoms. The minimum absolute atomic E-state index is 0.371. The van der Waals surface area contributed by atoms with Gasteiger partial charge in [-0.2, -0.15) is 0 Å². The molecule has 0 saturated heterocycles. The summed E-state index contributed by atoms with van der Waals surface area (Å²) in [5, 5.41) is 2.66. The van der Waals surface area contributed by atoms with E-state index in [1.54, 1.807) is 13.8 Å². The van der Waals surface area contributed by atoms with Crippen molar-refractivity contribution in [2.45, 2.75) is 26.7 Å². The highest BCUT2D eigenvalue weighted by Crippen LogP contribution is 2.62. The number of rotatable bonds is 2. The van der Waals surface area contributed by atoms with Crippen LogP contribution in [0.3, 0.4) is 0 Å². The molecule has 1 aromatic rings. The molecule has 0 aliphatic heterocycles. The lowest BCUT2D eigenvalue weighted by Gasteiger charge is -2.33. The predicted molar refractivity (Wildman–Crippen MR) is 74.0 cm³/mol. The first-order chi connectivity index (χ1) is 9.80. The van der Waals surface area contributed by atoms with Gasteiger partial charge in [-0.15, -0.1) is 0 Å². The van der Waals surface area contributed by atoms with Crippen LogP contribution in [0.2, 0.25) is 0 Å². The summed E-state index contributed by atoms with van der Waals surface area (Å²) in [5.74, 6) is -2.25. The Bertz CT molecular complexity index is 650. The molecule has 5 heteroatoms. The molecule has 110 valence electrons. The summed E-state index contributed by atoms with van der Waals surface area (Å²) in [7, 11) is 0. The number of anilines is 1. The fraction of sp³-hybridized carbons (Fsp3) is 0.438. The molecule has 2 saturated carbocycles. The highest BCUT2D eigenvalue weighted by Gasteiger charge is 2.72. The molecule has 2 aliphatic carbocycles. The van der Waals surface area contributed by atoms with E-state index in [1.807, 2.05) is 0 Å². The van der Waals surface area contributed by atoms with Gasteiger partial charge in [0.25, 0.3) is 0 Å². The van der Waals surface area contributed by atoms with Gasteiger partial charge < -0.3 is 5.32 Å². The summed E-state index contributed by atoms with van der Waals surface area (Å²) in [4.78, 5) is 37.0. The predicted octanol–water partition coefficient (Wildman–Crippen LogP) is 2.34. The van der Waals surface area contributed by atoms with E-state index >= 15 is 0 Å². The van der Waals surface area contributed by atoms with Crippen molar-refractivity contribution < 1.29 is 18.8 Å². The van der Waals surface area contributed by atoms with Crippen molar-refractivity contribution in [1.29, 1.82) is 0 Å². The third-order valence-electron chi connectivity index (χ3n) is 5.20. The fourth-order valence-corrected chi connectivity index (χ4v) is 3.86. The third-order valence-corrected chi connectivity index (χ3v) is 5.20. The Morgan fingerprint density at radius 1 is 1.24 bits per heavy atom. The summed E-state index contributed by atoms with van der Waals surface area (Å²) in [6.45, 7) is 3.61. The van der Waals surface area contributed by atoms with Crippen molar-refractivity contribution in [1.82, 2.24) is 0 Å². The van der Waals surface area contributed by atoms with Gasteiger partial charge in [-0.1, -0.05) is 13.8 Å². The third kappa shape index (κ3) is 1.63. The van der Waals surface area contributed by atoms with Crippen LogP contribution in [-0.4, -0.2) is 17.5 Å². The van der Waals surface area contributed by atoms with Crippen molar-refractivity contribution in [3.8, 4) is 0 Å². The second-order valence-corrected chi connectivity index (χ2v) is 6.37. The van der Waals surface area contributed by atoms with Gasteiger partial charge in [-0.3, -0.25) is 14.4 Å². The zero-order valence-electron chi connectivity index (χ0n) is 11.9. The maximum atomic E-state index is 12.9. The maximum Gasteiger partial charge on any atom is 0.239 e. The summed E-state index contributed by atoms with van der Waals surface area (Å²) >= 11 is 0. The lowest BCUT2D eigenvalue weighted by atomic mass is 9.68. The number of fused-ring (bicyclic) bond motifs is 2. The molecular weight excluding hydrogens is 273 g/mol. The highest BCUT2D eigenvalue weighted by molar-refractivity contribution is 6.48. The summed E-state index contributed by atoms with van der Waals surface area (Å²) < 4.78 is 12.9. The van der Waals surface area contributed by atoms with Crippen LogP contribution in [0.15, 0.2) is 24.3 Å². The quantitative estimate of drug-likeness (QED) is 0.671. The van der Waals surface area contributed by atoms with E-state index in [0.717, 1.165) is 0 Å². The first-order valence-corrected chi connectivity index (χ1v) is 6.96. The molecule has 0 unspecified atom stereocenters. The van der Waals surface area contributed by atoms with Gasteiger partial charge in [0.2, 0.25) is 17.5 Å². The first kappa shape index (κ1) is 13.9. The average Bonchev–Trinajstić information content (AvgIpc) is 2.78. The van der Waals surface area contributed by atoms with Crippen molar-refractivity contribution >= 4 is 23.2 Å². The maximum absolute atomic E-state index is 12.9. The van der Waals surface area contributed by atoms with E-state index in [2.05, 4.69) is 5.32 Å². The van der Waals surface area contributed by atoms with Crippen molar-refractivity contribution in [3.63, 3.8) is 0 Å². The molecule has 0 heterocycles. The van der Waals surface area contributed by atoms with Gasteiger partial charge in [-0.05, 0) is 42.5 Å². The normalized spacial score (nSPS) is 29.8. The molecule has 21 heavy (non-hydrogen) atoms. The van der Waals surface area contributed by atoms with E-state index < -0.39 is 34.1 Å². The zero-order valence-corrected chi connectivity index (χ0v) is 11.9. The SMILES string of the molecule is CC1(C)[C@@H]2CC[C@@]1(C(=O)Nc1ccc(F)cc1)C(=O)C2=O. The Kier molecular flexibility index (Phi) is 2.80. The molecule has 2 aliphatic rings. The molecule has 1 aromatic carbocycles. The minimum atomic E-state index is -1.29. The smallest absolute Gasteiger partial charge is 0.239 e. The molecule has 0 aromatic heterocycles. The van der Waals surface area contributed by atoms with Gasteiger partial charge in [-0.25, -0.2) is 4.39 Å². The second-order valence-electron chi connectivity index (χ2n) is 6.37. The molecule has 1 N–H and O–H groups in total. The minimum Gasteiger partial charge on any atom is -0.325 e. The zero-order chi connectivity index (χ0) is 15.4. The van der Waals surface area contributed by atoms with Gasteiger partial charge in [0.15, 0.2) is 0 Å². The second kappa shape index (κ2) is 4.23. The van der Waals surface area contributed by atoms with Crippen LogP contribution in [-0.2, 0) is 14.4 Å². The lowest BCUT2D eigenvalue weighted by Crippen LogP contribution is -2.47. The standard InChI is InChI=1S/C16H16FNO3/c1-15(2)11-7-8-16(15,13(20)12(11)19)14(21)18-10-5-3-9(17)4-6-10/h3-6,11H,7-8H2,1-2H3,(H,18,21)/t11-,16+/m1/s1. The molecule has 1 amide bonds. The van der Waals surface area contributed by atoms with Gasteiger partial charge in [0.05, 0.1) is 0 Å². The number of amides is 1. The van der Waals surface area contributed by atoms with E-state index in [1.165, 1.54) is 24.3 Å². The van der Waals surface area contributed by atoms with Gasteiger partial charge in [0, 0.05) is 11.6 Å². The highest BCUT2D eigenvalue weighted by atomic mass is 19.1. The number of hydrogen-bond donors (Lipinski definition) is 1.